The summed E-state index contributed by atoms with van der Waals surface area (Å²) in [4.78, 5) is 27.1. The number of carbonyl (C=O) groups is 2. The molecular weight excluding hydrogens is 366 g/mol. The first kappa shape index (κ1) is 22.0. The van der Waals surface area contributed by atoms with Gasteiger partial charge in [0.05, 0.1) is 6.61 Å². The van der Waals surface area contributed by atoms with Crippen molar-refractivity contribution in [2.75, 3.05) is 11.9 Å². The molecule has 0 aliphatic heterocycles. The number of aliphatic hydroxyl groups excluding tert-OH is 1. The van der Waals surface area contributed by atoms with E-state index in [1.807, 2.05) is 39.0 Å². The topological polar surface area (TPSA) is 91.3 Å². The molecule has 2 aromatic rings. The lowest BCUT2D eigenvalue weighted by Crippen LogP contribution is -2.20. The number of aliphatic hydroxyl groups is 1. The number of benzene rings is 1. The third-order valence-electron chi connectivity index (χ3n) is 4.62. The van der Waals surface area contributed by atoms with Crippen molar-refractivity contribution in [3.63, 3.8) is 0 Å². The number of aromatic nitrogens is 1. The molecule has 6 heteroatoms. The van der Waals surface area contributed by atoms with Gasteiger partial charge in [-0.2, -0.15) is 0 Å². The molecule has 0 unspecified atom stereocenters. The standard InChI is InChI=1S/C23H27N3O3/c1-15-5-8-20(17(3)21(15)14-27)16(2)11-12-24-23(29)10-7-19-6-9-22(25-13-19)26-18(4)28/h5-11,13,27H,12,14H2,1-4H3,(H,24,29)(H,25,26,28)/b10-7+,16-11-. The van der Waals surface area contributed by atoms with E-state index in [2.05, 4.69) is 15.6 Å². The molecule has 0 aliphatic rings. The van der Waals surface area contributed by atoms with Crippen LogP contribution >= 0.6 is 0 Å². The van der Waals surface area contributed by atoms with Gasteiger partial charge in [0.15, 0.2) is 0 Å². The fourth-order valence-corrected chi connectivity index (χ4v) is 2.97. The largest absolute Gasteiger partial charge is 0.392 e. The summed E-state index contributed by atoms with van der Waals surface area (Å²) in [6.45, 7) is 7.80. The first-order chi connectivity index (χ1) is 13.8. The molecule has 29 heavy (non-hydrogen) atoms. The normalized spacial score (nSPS) is 11.6. The smallest absolute Gasteiger partial charge is 0.244 e. The Labute approximate surface area is 171 Å². The van der Waals surface area contributed by atoms with Gasteiger partial charge in [-0.05, 0) is 72.4 Å². The van der Waals surface area contributed by atoms with Crippen molar-refractivity contribution in [1.29, 1.82) is 0 Å². The Bertz CT molecular complexity index is 945. The third kappa shape index (κ3) is 6.40. The first-order valence-electron chi connectivity index (χ1n) is 9.38. The SMILES string of the molecule is CC(=O)Nc1ccc(/C=C/C(=O)NC/C=C(/C)c2ccc(C)c(CO)c2C)cn1. The van der Waals surface area contributed by atoms with E-state index >= 15 is 0 Å². The number of pyridine rings is 1. The van der Waals surface area contributed by atoms with Crippen LogP contribution in [0, 0.1) is 13.8 Å². The number of anilines is 1. The fourth-order valence-electron chi connectivity index (χ4n) is 2.97. The zero-order valence-corrected chi connectivity index (χ0v) is 17.2. The number of hydrogen-bond acceptors (Lipinski definition) is 4. The van der Waals surface area contributed by atoms with E-state index in [4.69, 9.17) is 0 Å². The summed E-state index contributed by atoms with van der Waals surface area (Å²) in [5, 5.41) is 15.0. The highest BCUT2D eigenvalue weighted by Crippen LogP contribution is 2.24. The summed E-state index contributed by atoms with van der Waals surface area (Å²) < 4.78 is 0. The summed E-state index contributed by atoms with van der Waals surface area (Å²) in [6.07, 6.45) is 6.64. The molecule has 6 nitrogen and oxygen atoms in total. The highest BCUT2D eigenvalue weighted by Gasteiger charge is 2.07. The second-order valence-corrected chi connectivity index (χ2v) is 6.82. The van der Waals surface area contributed by atoms with Crippen LogP contribution in [-0.2, 0) is 16.2 Å². The number of carbonyl (C=O) groups excluding carboxylic acids is 2. The van der Waals surface area contributed by atoms with Gasteiger partial charge in [-0.25, -0.2) is 4.98 Å². The Hall–Kier alpha value is -3.25. The van der Waals surface area contributed by atoms with Gasteiger partial charge in [-0.1, -0.05) is 18.2 Å². The van der Waals surface area contributed by atoms with E-state index < -0.39 is 0 Å². The minimum Gasteiger partial charge on any atom is -0.392 e. The molecule has 0 saturated carbocycles. The molecule has 0 fully saturated rings. The highest BCUT2D eigenvalue weighted by atomic mass is 16.3. The van der Waals surface area contributed by atoms with Gasteiger partial charge in [0.1, 0.15) is 5.82 Å². The minimum absolute atomic E-state index is 0.0148. The lowest BCUT2D eigenvalue weighted by atomic mass is 9.94. The summed E-state index contributed by atoms with van der Waals surface area (Å²) in [5.41, 5.74) is 5.93. The molecule has 0 aliphatic carbocycles. The van der Waals surface area contributed by atoms with Crippen LogP contribution in [0.5, 0.6) is 0 Å². The molecular formula is C23H27N3O3. The quantitative estimate of drug-likeness (QED) is 0.629. The Morgan fingerprint density at radius 1 is 1.14 bits per heavy atom. The zero-order valence-electron chi connectivity index (χ0n) is 17.2. The van der Waals surface area contributed by atoms with Crippen LogP contribution in [0.2, 0.25) is 0 Å². The van der Waals surface area contributed by atoms with E-state index in [1.165, 1.54) is 13.0 Å². The molecule has 0 spiro atoms. The van der Waals surface area contributed by atoms with Crippen LogP contribution in [0.1, 0.15) is 41.7 Å². The van der Waals surface area contributed by atoms with Crippen LogP contribution in [-0.4, -0.2) is 28.4 Å². The van der Waals surface area contributed by atoms with E-state index in [9.17, 15) is 14.7 Å². The number of nitrogens with one attached hydrogen (secondary N) is 2. The van der Waals surface area contributed by atoms with Gasteiger partial charge in [0.2, 0.25) is 11.8 Å². The molecule has 0 bridgehead atoms. The van der Waals surface area contributed by atoms with Crippen molar-refractivity contribution >= 4 is 29.3 Å². The van der Waals surface area contributed by atoms with Crippen molar-refractivity contribution in [1.82, 2.24) is 10.3 Å². The van der Waals surface area contributed by atoms with Gasteiger partial charge < -0.3 is 15.7 Å². The number of hydrogen-bond donors (Lipinski definition) is 3. The van der Waals surface area contributed by atoms with Gasteiger partial charge in [0, 0.05) is 25.7 Å². The van der Waals surface area contributed by atoms with Crippen LogP contribution in [0.25, 0.3) is 11.6 Å². The van der Waals surface area contributed by atoms with Crippen molar-refractivity contribution in [2.24, 2.45) is 0 Å². The van der Waals surface area contributed by atoms with Crippen molar-refractivity contribution in [3.8, 4) is 0 Å². The molecule has 1 aromatic carbocycles. The third-order valence-corrected chi connectivity index (χ3v) is 4.62. The maximum absolute atomic E-state index is 12.0. The molecule has 152 valence electrons. The molecule has 2 amide bonds. The predicted molar refractivity (Wildman–Crippen MR) is 116 cm³/mol. The Balaban J connectivity index is 1.93. The lowest BCUT2D eigenvalue weighted by molar-refractivity contribution is -0.116. The van der Waals surface area contributed by atoms with Gasteiger partial charge >= 0.3 is 0 Å². The maximum Gasteiger partial charge on any atom is 0.244 e. The minimum atomic E-state index is -0.211. The van der Waals surface area contributed by atoms with E-state index in [-0.39, 0.29) is 18.4 Å². The molecule has 3 N–H and O–H groups in total. The highest BCUT2D eigenvalue weighted by molar-refractivity contribution is 5.92. The summed E-state index contributed by atoms with van der Waals surface area (Å²) in [6, 6.07) is 7.48. The van der Waals surface area contributed by atoms with Crippen molar-refractivity contribution in [2.45, 2.75) is 34.3 Å². The van der Waals surface area contributed by atoms with Crippen molar-refractivity contribution in [3.05, 3.63) is 70.4 Å². The zero-order chi connectivity index (χ0) is 21.4. The lowest BCUT2D eigenvalue weighted by Gasteiger charge is -2.13. The average molecular weight is 393 g/mol. The van der Waals surface area contributed by atoms with Crippen molar-refractivity contribution < 1.29 is 14.7 Å². The summed E-state index contributed by atoms with van der Waals surface area (Å²) >= 11 is 0. The number of amides is 2. The first-order valence-corrected chi connectivity index (χ1v) is 9.38. The van der Waals surface area contributed by atoms with E-state index in [0.29, 0.717) is 12.4 Å². The van der Waals surface area contributed by atoms with E-state index in [1.54, 1.807) is 24.4 Å². The molecule has 0 saturated heterocycles. The summed E-state index contributed by atoms with van der Waals surface area (Å²) in [7, 11) is 0. The monoisotopic (exact) mass is 393 g/mol. The Kier molecular flexibility index (Phi) is 7.86. The second kappa shape index (κ2) is 10.3. The maximum atomic E-state index is 12.0. The Morgan fingerprint density at radius 3 is 2.52 bits per heavy atom. The molecule has 2 rings (SSSR count). The molecule has 1 heterocycles. The average Bonchev–Trinajstić information content (AvgIpc) is 2.67. The fraction of sp³-hybridized carbons (Fsp3) is 0.261. The number of rotatable bonds is 7. The van der Waals surface area contributed by atoms with Crippen LogP contribution in [0.4, 0.5) is 5.82 Å². The van der Waals surface area contributed by atoms with Gasteiger partial charge in [-0.3, -0.25) is 9.59 Å². The van der Waals surface area contributed by atoms with Crippen LogP contribution in [0.3, 0.4) is 0 Å². The predicted octanol–water partition coefficient (Wildman–Crippen LogP) is 3.38. The van der Waals surface area contributed by atoms with Gasteiger partial charge in [0.25, 0.3) is 0 Å². The Morgan fingerprint density at radius 2 is 1.90 bits per heavy atom. The number of aryl methyl sites for hydroxylation is 1. The molecule has 1 aromatic heterocycles. The number of allylic oxidation sites excluding steroid dienone is 1. The second-order valence-electron chi connectivity index (χ2n) is 6.82. The van der Waals surface area contributed by atoms with Gasteiger partial charge in [-0.15, -0.1) is 0 Å². The molecule has 0 radical (unpaired) electrons. The van der Waals surface area contributed by atoms with Crippen LogP contribution < -0.4 is 10.6 Å². The summed E-state index contributed by atoms with van der Waals surface area (Å²) in [5.74, 6) is 0.0732. The van der Waals surface area contributed by atoms with E-state index in [0.717, 1.165) is 33.4 Å². The van der Waals surface area contributed by atoms with Crippen LogP contribution in [0.15, 0.2) is 42.6 Å². The molecule has 0 atom stereocenters. The number of nitrogens with zero attached hydrogens (tertiary/aromatic N) is 1.